The summed E-state index contributed by atoms with van der Waals surface area (Å²) in [5.74, 6) is -0.373. The van der Waals surface area contributed by atoms with Gasteiger partial charge in [0.05, 0.1) is 16.0 Å². The molecule has 1 atom stereocenters. The number of hydrogen-bond donors (Lipinski definition) is 1. The minimum Gasteiger partial charge on any atom is -0.489 e. The van der Waals surface area contributed by atoms with E-state index in [1.165, 1.54) is 0 Å². The summed E-state index contributed by atoms with van der Waals surface area (Å²) in [6, 6.07) is 10.9. The number of nitrogens with zero attached hydrogens (tertiary/aromatic N) is 1. The van der Waals surface area contributed by atoms with Crippen LogP contribution in [-0.4, -0.2) is 34.6 Å². The molecule has 3 rings (SSSR count). The molecule has 1 saturated heterocycles. The molecule has 0 radical (unpaired) electrons. The fourth-order valence-electron chi connectivity index (χ4n) is 3.12. The van der Waals surface area contributed by atoms with Crippen LogP contribution in [-0.2, 0) is 9.59 Å². The summed E-state index contributed by atoms with van der Waals surface area (Å²) in [6.07, 6.45) is 2.47. The Morgan fingerprint density at radius 1 is 1.22 bits per heavy atom. The van der Waals surface area contributed by atoms with Gasteiger partial charge < -0.3 is 10.1 Å². The molecule has 0 aromatic heterocycles. The minimum atomic E-state index is -0.507. The number of imide groups is 1. The summed E-state index contributed by atoms with van der Waals surface area (Å²) in [4.78, 5) is 38.8. The van der Waals surface area contributed by atoms with Gasteiger partial charge in [-0.2, -0.15) is 0 Å². The van der Waals surface area contributed by atoms with E-state index >= 15 is 0 Å². The van der Waals surface area contributed by atoms with Crippen LogP contribution in [0.3, 0.4) is 0 Å². The molecule has 168 valence electrons. The van der Waals surface area contributed by atoms with Gasteiger partial charge in [-0.25, -0.2) is 0 Å². The fourth-order valence-corrected chi connectivity index (χ4v) is 4.20. The zero-order valence-electron chi connectivity index (χ0n) is 18.4. The topological polar surface area (TPSA) is 75.7 Å². The molecule has 8 heteroatoms. The van der Waals surface area contributed by atoms with E-state index < -0.39 is 17.1 Å². The normalized spacial score (nSPS) is 15.9. The van der Waals surface area contributed by atoms with E-state index in [2.05, 4.69) is 5.32 Å². The summed E-state index contributed by atoms with van der Waals surface area (Å²) in [5, 5.41) is 2.74. The number of carbonyl (C=O) groups excluding carboxylic acids is 3. The molecule has 6 nitrogen and oxygen atoms in total. The Morgan fingerprint density at radius 2 is 1.91 bits per heavy atom. The van der Waals surface area contributed by atoms with Crippen molar-refractivity contribution in [1.29, 1.82) is 0 Å². The number of hydrogen-bond acceptors (Lipinski definition) is 5. The van der Waals surface area contributed by atoms with E-state index in [4.69, 9.17) is 16.3 Å². The second-order valence-corrected chi connectivity index (χ2v) is 9.01. The number of ether oxygens (including phenoxy) is 1. The minimum absolute atomic E-state index is 0.0319. The maximum Gasteiger partial charge on any atom is 0.294 e. The number of benzene rings is 2. The molecule has 0 bridgehead atoms. The van der Waals surface area contributed by atoms with Crippen LogP contribution in [0.5, 0.6) is 5.75 Å². The number of aryl methyl sites for hydroxylation is 2. The molecule has 0 aliphatic carbocycles. The molecule has 32 heavy (non-hydrogen) atoms. The number of carbonyl (C=O) groups is 3. The van der Waals surface area contributed by atoms with Crippen molar-refractivity contribution in [3.05, 3.63) is 63.0 Å². The Morgan fingerprint density at radius 3 is 2.53 bits per heavy atom. The third-order valence-corrected chi connectivity index (χ3v) is 6.28. The quantitative estimate of drug-likeness (QED) is 0.514. The van der Waals surface area contributed by atoms with Gasteiger partial charge in [0.25, 0.3) is 11.1 Å². The third-order valence-electron chi connectivity index (χ3n) is 5.08. The van der Waals surface area contributed by atoms with Crippen LogP contribution in [0, 0.1) is 13.8 Å². The van der Waals surface area contributed by atoms with E-state index in [1.807, 2.05) is 45.9 Å². The van der Waals surface area contributed by atoms with Crippen LogP contribution in [0.4, 0.5) is 10.5 Å². The van der Waals surface area contributed by atoms with Gasteiger partial charge in [-0.05, 0) is 73.9 Å². The summed E-state index contributed by atoms with van der Waals surface area (Å²) in [5.41, 5.74) is 3.17. The molecule has 1 heterocycles. The Kier molecular flexibility index (Phi) is 7.64. The number of nitrogens with one attached hydrogen (secondary N) is 1. The summed E-state index contributed by atoms with van der Waals surface area (Å²) < 4.78 is 5.75. The van der Waals surface area contributed by atoms with Crippen molar-refractivity contribution < 1.29 is 19.1 Å². The molecule has 2 aromatic carbocycles. The van der Waals surface area contributed by atoms with Gasteiger partial charge in [0.15, 0.2) is 0 Å². The van der Waals surface area contributed by atoms with Crippen molar-refractivity contribution in [3.8, 4) is 5.75 Å². The van der Waals surface area contributed by atoms with E-state index in [1.54, 1.807) is 24.3 Å². The van der Waals surface area contributed by atoms with Crippen LogP contribution in [0.25, 0.3) is 6.08 Å². The third kappa shape index (κ3) is 5.53. The lowest BCUT2D eigenvalue weighted by molar-refractivity contribution is -0.127. The fraction of sp³-hybridized carbons (Fsp3) is 0.292. The monoisotopic (exact) mass is 472 g/mol. The second-order valence-electron chi connectivity index (χ2n) is 7.61. The number of anilines is 1. The summed E-state index contributed by atoms with van der Waals surface area (Å²) >= 11 is 7.10. The van der Waals surface area contributed by atoms with Gasteiger partial charge in [-0.3, -0.25) is 19.3 Å². The average Bonchev–Trinajstić information content (AvgIpc) is 3.00. The highest BCUT2D eigenvalue weighted by atomic mass is 35.5. The molecule has 1 aliphatic rings. The first-order valence-corrected chi connectivity index (χ1v) is 11.5. The van der Waals surface area contributed by atoms with Gasteiger partial charge in [-0.15, -0.1) is 0 Å². The first-order chi connectivity index (χ1) is 15.2. The number of amides is 3. The lowest BCUT2D eigenvalue weighted by Crippen LogP contribution is -2.36. The maximum atomic E-state index is 12.8. The average molecular weight is 473 g/mol. The van der Waals surface area contributed by atoms with Crippen molar-refractivity contribution in [2.24, 2.45) is 0 Å². The number of halogens is 1. The number of rotatable bonds is 7. The first kappa shape index (κ1) is 23.9. The van der Waals surface area contributed by atoms with Crippen LogP contribution in [0.2, 0.25) is 5.02 Å². The highest BCUT2D eigenvalue weighted by molar-refractivity contribution is 8.18. The Bertz CT molecular complexity index is 1080. The Hall–Kier alpha value is -2.77. The lowest BCUT2D eigenvalue weighted by atomic mass is 10.1. The van der Waals surface area contributed by atoms with Gasteiger partial charge in [0.2, 0.25) is 5.91 Å². The van der Waals surface area contributed by atoms with Crippen molar-refractivity contribution in [1.82, 2.24) is 4.90 Å². The van der Waals surface area contributed by atoms with Crippen LogP contribution in [0.1, 0.15) is 37.0 Å². The molecular weight excluding hydrogens is 448 g/mol. The standard InChI is InChI=1S/C24H25ClN2O4S/c1-5-16(4)31-19-10-9-17(11-18(19)25)12-20-23(29)27(24(30)32-20)13-21(28)26-22-14(2)7-6-8-15(22)3/h6-12,16H,5,13H2,1-4H3,(H,26,28)/b20-12-/t16-/m0/s1. The summed E-state index contributed by atoms with van der Waals surface area (Å²) in [7, 11) is 0. The van der Waals surface area contributed by atoms with Crippen LogP contribution < -0.4 is 10.1 Å². The molecule has 1 fully saturated rings. The van der Waals surface area contributed by atoms with Crippen molar-refractivity contribution in [3.63, 3.8) is 0 Å². The largest absolute Gasteiger partial charge is 0.489 e. The molecule has 3 amide bonds. The number of para-hydroxylation sites is 1. The smallest absolute Gasteiger partial charge is 0.294 e. The van der Waals surface area contributed by atoms with E-state index in [-0.39, 0.29) is 17.6 Å². The molecule has 0 spiro atoms. The first-order valence-electron chi connectivity index (χ1n) is 10.3. The highest BCUT2D eigenvalue weighted by Crippen LogP contribution is 2.34. The van der Waals surface area contributed by atoms with Gasteiger partial charge in [-0.1, -0.05) is 42.8 Å². The Labute approximate surface area is 197 Å². The zero-order valence-corrected chi connectivity index (χ0v) is 20.0. The SMILES string of the molecule is CC[C@H](C)Oc1ccc(/C=C2\SC(=O)N(CC(=O)Nc3c(C)cccc3C)C2=O)cc1Cl. The molecule has 1 aliphatic heterocycles. The molecule has 1 N–H and O–H groups in total. The maximum absolute atomic E-state index is 12.8. The van der Waals surface area contributed by atoms with Crippen molar-refractivity contribution in [2.45, 2.75) is 40.2 Å². The molecular formula is C24H25ClN2O4S. The lowest BCUT2D eigenvalue weighted by Gasteiger charge is -2.15. The predicted molar refractivity (Wildman–Crippen MR) is 129 cm³/mol. The summed E-state index contributed by atoms with van der Waals surface area (Å²) in [6.45, 7) is 7.40. The molecule has 2 aromatic rings. The van der Waals surface area contributed by atoms with Gasteiger partial charge in [0.1, 0.15) is 12.3 Å². The van der Waals surface area contributed by atoms with E-state index in [9.17, 15) is 14.4 Å². The van der Waals surface area contributed by atoms with Crippen LogP contribution >= 0.6 is 23.4 Å². The zero-order chi connectivity index (χ0) is 23.4. The van der Waals surface area contributed by atoms with E-state index in [0.717, 1.165) is 34.2 Å². The van der Waals surface area contributed by atoms with Crippen molar-refractivity contribution >= 4 is 52.2 Å². The highest BCUT2D eigenvalue weighted by Gasteiger charge is 2.36. The molecule has 0 saturated carbocycles. The number of thioether (sulfide) groups is 1. The molecule has 0 unspecified atom stereocenters. The van der Waals surface area contributed by atoms with Gasteiger partial charge in [0, 0.05) is 5.69 Å². The second kappa shape index (κ2) is 10.2. The Balaban J connectivity index is 1.71. The van der Waals surface area contributed by atoms with Crippen LogP contribution in [0.15, 0.2) is 41.3 Å². The van der Waals surface area contributed by atoms with E-state index in [0.29, 0.717) is 22.0 Å². The predicted octanol–water partition coefficient (Wildman–Crippen LogP) is 5.81. The van der Waals surface area contributed by atoms with Gasteiger partial charge >= 0.3 is 0 Å². The van der Waals surface area contributed by atoms with Crippen molar-refractivity contribution in [2.75, 3.05) is 11.9 Å².